The molecular formula is C61H41N. The van der Waals surface area contributed by atoms with Crippen molar-refractivity contribution in [1.29, 1.82) is 0 Å². The summed E-state index contributed by atoms with van der Waals surface area (Å²) >= 11 is 0. The van der Waals surface area contributed by atoms with Crippen LogP contribution in [0.3, 0.4) is 0 Å². The molecule has 0 spiro atoms. The van der Waals surface area contributed by atoms with E-state index < -0.39 is 0 Å². The van der Waals surface area contributed by atoms with Gasteiger partial charge in [0.1, 0.15) is 0 Å². The number of nitrogens with zero attached hydrogens (tertiary/aromatic N) is 1. The van der Waals surface area contributed by atoms with Crippen molar-refractivity contribution in [2.24, 2.45) is 0 Å². The Morgan fingerprint density at radius 1 is 0.290 bits per heavy atom. The second-order valence-electron chi connectivity index (χ2n) is 16.4. The molecule has 1 heterocycles. The number of hydrogen-bond acceptors (Lipinski definition) is 0. The molecule has 0 N–H and O–H groups in total. The van der Waals surface area contributed by atoms with Gasteiger partial charge in [-0.2, -0.15) is 0 Å². The molecule has 12 rings (SSSR count). The molecule has 11 aromatic rings. The second-order valence-corrected chi connectivity index (χ2v) is 16.4. The maximum atomic E-state index is 2.58. The Morgan fingerprint density at radius 3 is 1.45 bits per heavy atom. The molecule has 0 radical (unpaired) electrons. The van der Waals surface area contributed by atoms with Gasteiger partial charge in [0.25, 0.3) is 0 Å². The minimum Gasteiger partial charge on any atom is -0.308 e. The minimum atomic E-state index is 0.103. The maximum absolute atomic E-state index is 2.58. The average Bonchev–Trinajstić information content (AvgIpc) is 3.88. The van der Waals surface area contributed by atoms with E-state index in [1.807, 2.05) is 0 Å². The molecule has 1 unspecified atom stereocenters. The van der Waals surface area contributed by atoms with Crippen molar-refractivity contribution < 1.29 is 0 Å². The van der Waals surface area contributed by atoms with Crippen molar-refractivity contribution in [3.05, 3.63) is 259 Å². The lowest BCUT2D eigenvalue weighted by molar-refractivity contribution is 1.01. The van der Waals surface area contributed by atoms with Crippen LogP contribution in [0.25, 0.3) is 94.3 Å². The molecule has 10 aromatic carbocycles. The van der Waals surface area contributed by atoms with E-state index in [4.69, 9.17) is 0 Å². The van der Waals surface area contributed by atoms with Crippen molar-refractivity contribution in [3.63, 3.8) is 0 Å². The zero-order chi connectivity index (χ0) is 41.0. The normalized spacial score (nSPS) is 13.0. The molecule has 0 fully saturated rings. The number of rotatable bonds is 7. The van der Waals surface area contributed by atoms with Crippen LogP contribution >= 0.6 is 0 Å². The monoisotopic (exact) mass is 787 g/mol. The first-order valence-corrected chi connectivity index (χ1v) is 21.5. The molecule has 1 aliphatic rings. The molecule has 1 nitrogen and oxygen atoms in total. The number of aromatic nitrogens is 1. The smallest absolute Gasteiger partial charge is 0.0589 e. The maximum Gasteiger partial charge on any atom is 0.0589 e. The first kappa shape index (κ1) is 35.9. The molecule has 62 heavy (non-hydrogen) atoms. The standard InChI is InChI=1S/C61H41N/c1-4-16-41(17-5-1)46-22-14-24-48(38-46)49-25-15-23-47(39-49)43-30-32-44(33-31-43)51-35-34-50(42-18-6-2-7-19-42)40-58(51)62-57-29-13-12-27-53(57)56-37-36-55-52-26-10-11-28-54(52)59(60(55)61(56)62)45-20-8-3-9-21-45/h1-40,59H. The minimum absolute atomic E-state index is 0.103. The van der Waals surface area contributed by atoms with Crippen LogP contribution in [0.1, 0.15) is 22.6 Å². The molecule has 1 heteroatoms. The third-order valence-electron chi connectivity index (χ3n) is 12.9. The van der Waals surface area contributed by atoms with Crippen molar-refractivity contribution >= 4 is 21.8 Å². The van der Waals surface area contributed by atoms with Crippen molar-refractivity contribution in [2.75, 3.05) is 0 Å². The molecule has 0 saturated heterocycles. The van der Waals surface area contributed by atoms with E-state index in [2.05, 4.69) is 247 Å². The van der Waals surface area contributed by atoms with Gasteiger partial charge in [0.05, 0.1) is 16.7 Å². The predicted octanol–water partition coefficient (Wildman–Crippen LogP) is 16.3. The molecule has 1 aromatic heterocycles. The Morgan fingerprint density at radius 2 is 0.774 bits per heavy atom. The van der Waals surface area contributed by atoms with Crippen LogP contribution in [-0.2, 0) is 0 Å². The molecule has 0 bridgehead atoms. The number of fused-ring (bicyclic) bond motifs is 7. The summed E-state index contributed by atoms with van der Waals surface area (Å²) in [5.41, 5.74) is 22.3. The topological polar surface area (TPSA) is 4.93 Å². The SMILES string of the molecule is c1ccc(-c2cccc(-c3cccc(-c4ccc(-c5ccc(-c6ccccc6)cc5-n5c6ccccc6c6ccc7c(c65)C(c5ccccc5)c5ccccc5-7)cc4)c3)c2)cc1. The van der Waals surface area contributed by atoms with Gasteiger partial charge in [0.2, 0.25) is 0 Å². The van der Waals surface area contributed by atoms with E-state index >= 15 is 0 Å². The van der Waals surface area contributed by atoms with E-state index in [1.165, 1.54) is 111 Å². The van der Waals surface area contributed by atoms with Crippen LogP contribution in [-0.4, -0.2) is 4.57 Å². The van der Waals surface area contributed by atoms with Gasteiger partial charge in [-0.05, 0) is 102 Å². The van der Waals surface area contributed by atoms with Crippen LogP contribution in [0.4, 0.5) is 0 Å². The second kappa shape index (κ2) is 14.9. The lowest BCUT2D eigenvalue weighted by Crippen LogP contribution is -2.04. The van der Waals surface area contributed by atoms with E-state index in [-0.39, 0.29) is 5.92 Å². The van der Waals surface area contributed by atoms with Gasteiger partial charge < -0.3 is 4.57 Å². The van der Waals surface area contributed by atoms with Crippen LogP contribution in [0, 0.1) is 0 Å². The van der Waals surface area contributed by atoms with Gasteiger partial charge in [0, 0.05) is 22.3 Å². The highest BCUT2D eigenvalue weighted by Gasteiger charge is 2.34. The van der Waals surface area contributed by atoms with Crippen LogP contribution in [0.15, 0.2) is 243 Å². The predicted molar refractivity (Wildman–Crippen MR) is 261 cm³/mol. The van der Waals surface area contributed by atoms with Crippen molar-refractivity contribution in [3.8, 4) is 72.4 Å². The van der Waals surface area contributed by atoms with Crippen LogP contribution < -0.4 is 0 Å². The van der Waals surface area contributed by atoms with Gasteiger partial charge >= 0.3 is 0 Å². The number of benzene rings is 10. The van der Waals surface area contributed by atoms with Crippen molar-refractivity contribution in [2.45, 2.75) is 5.92 Å². The zero-order valence-electron chi connectivity index (χ0n) is 34.1. The summed E-state index contributed by atoms with van der Waals surface area (Å²) in [7, 11) is 0. The molecular weight excluding hydrogens is 747 g/mol. The Labute approximate surface area is 362 Å². The Kier molecular flexibility index (Phi) is 8.64. The Hall–Kier alpha value is -8.00. The largest absolute Gasteiger partial charge is 0.308 e. The first-order valence-electron chi connectivity index (χ1n) is 21.5. The van der Waals surface area contributed by atoms with E-state index in [0.717, 1.165) is 0 Å². The van der Waals surface area contributed by atoms with Gasteiger partial charge in [-0.25, -0.2) is 0 Å². The van der Waals surface area contributed by atoms with Gasteiger partial charge in [-0.1, -0.05) is 218 Å². The van der Waals surface area contributed by atoms with Crippen LogP contribution in [0.5, 0.6) is 0 Å². The highest BCUT2D eigenvalue weighted by molar-refractivity contribution is 6.13. The fourth-order valence-electron chi connectivity index (χ4n) is 10.0. The highest BCUT2D eigenvalue weighted by Crippen LogP contribution is 2.53. The third-order valence-corrected chi connectivity index (χ3v) is 12.9. The van der Waals surface area contributed by atoms with Crippen molar-refractivity contribution in [1.82, 2.24) is 4.57 Å². The lowest BCUT2D eigenvalue weighted by atomic mass is 9.88. The summed E-state index contributed by atoms with van der Waals surface area (Å²) in [5.74, 6) is 0.103. The third kappa shape index (κ3) is 6.01. The molecule has 0 amide bonds. The van der Waals surface area contributed by atoms with E-state index in [0.29, 0.717) is 0 Å². The zero-order valence-corrected chi connectivity index (χ0v) is 34.1. The summed E-state index contributed by atoms with van der Waals surface area (Å²) in [4.78, 5) is 0. The van der Waals surface area contributed by atoms with E-state index in [9.17, 15) is 0 Å². The summed E-state index contributed by atoms with van der Waals surface area (Å²) < 4.78 is 2.58. The summed E-state index contributed by atoms with van der Waals surface area (Å²) in [6, 6.07) is 89.1. The number of para-hydroxylation sites is 1. The van der Waals surface area contributed by atoms with Gasteiger partial charge in [-0.15, -0.1) is 0 Å². The fourth-order valence-corrected chi connectivity index (χ4v) is 10.0. The van der Waals surface area contributed by atoms with Gasteiger partial charge in [0.15, 0.2) is 0 Å². The summed E-state index contributed by atoms with van der Waals surface area (Å²) in [5, 5.41) is 2.53. The Bertz CT molecular complexity index is 3430. The fraction of sp³-hybridized carbons (Fsp3) is 0.0164. The van der Waals surface area contributed by atoms with E-state index in [1.54, 1.807) is 0 Å². The number of hydrogen-bond donors (Lipinski definition) is 0. The van der Waals surface area contributed by atoms with Gasteiger partial charge in [-0.3, -0.25) is 0 Å². The molecule has 1 aliphatic carbocycles. The molecule has 0 aliphatic heterocycles. The summed E-state index contributed by atoms with van der Waals surface area (Å²) in [6.07, 6.45) is 0. The molecule has 1 atom stereocenters. The quantitative estimate of drug-likeness (QED) is 0.152. The average molecular weight is 788 g/mol. The lowest BCUT2D eigenvalue weighted by Gasteiger charge is -2.20. The first-order chi connectivity index (χ1) is 30.8. The molecule has 0 saturated carbocycles. The Balaban J connectivity index is 1.04. The van der Waals surface area contributed by atoms with Crippen LogP contribution in [0.2, 0.25) is 0 Å². The summed E-state index contributed by atoms with van der Waals surface area (Å²) in [6.45, 7) is 0. The molecule has 290 valence electrons. The highest BCUT2D eigenvalue weighted by atomic mass is 15.0.